The smallest absolute Gasteiger partial charge is 0.349 e. The van der Waals surface area contributed by atoms with E-state index in [1.165, 1.54) is 0 Å². The molecule has 10 nitrogen and oxygen atoms in total. The van der Waals surface area contributed by atoms with E-state index in [1.54, 1.807) is 17.2 Å². The molecule has 0 amide bonds. The van der Waals surface area contributed by atoms with Crippen LogP contribution in [0.25, 0.3) is 0 Å². The number of hydrogen-bond donors (Lipinski definition) is 0. The molecule has 3 aliphatic heterocycles. The zero-order valence-electron chi connectivity index (χ0n) is 27.2. The van der Waals surface area contributed by atoms with Crippen LogP contribution in [-0.2, 0) is 18.0 Å². The van der Waals surface area contributed by atoms with Crippen LogP contribution in [0.15, 0.2) is 17.1 Å². The molecule has 1 aromatic carbocycles. The molecule has 2 fully saturated rings. The minimum absolute atomic E-state index is 0.0277. The third-order valence-electron chi connectivity index (χ3n) is 9.13. The fraction of sp³-hybridized carbons (Fsp3) is 0.759. The topological polar surface area (TPSA) is 98.9 Å². The molecule has 0 aliphatic carbocycles. The second-order valence-corrected chi connectivity index (χ2v) is 24.9. The summed E-state index contributed by atoms with van der Waals surface area (Å²) in [5, 5.41) is 11.5. The highest BCUT2D eigenvalue weighted by Crippen LogP contribution is 2.56. The van der Waals surface area contributed by atoms with E-state index in [2.05, 4.69) is 85.3 Å². The van der Waals surface area contributed by atoms with Crippen LogP contribution >= 0.6 is 0 Å². The lowest BCUT2D eigenvalue weighted by molar-refractivity contribution is -0.384. The first-order valence-corrected chi connectivity index (χ1v) is 19.2. The maximum absolute atomic E-state index is 11.9. The highest BCUT2D eigenvalue weighted by Gasteiger charge is 2.66. The van der Waals surface area contributed by atoms with Gasteiger partial charge in [0.25, 0.3) is 5.69 Å². The quantitative estimate of drug-likeness (QED) is 0.215. The molecule has 4 rings (SSSR count). The Bertz CT molecular complexity index is 1190. The van der Waals surface area contributed by atoms with Gasteiger partial charge in [-0.15, -0.1) is 0 Å². The van der Waals surface area contributed by atoms with Gasteiger partial charge in [0.05, 0.1) is 17.2 Å². The lowest BCUT2D eigenvalue weighted by Gasteiger charge is -2.54. The number of benzene rings is 1. The molecule has 0 aromatic heterocycles. The Balaban J connectivity index is 1.83. The SMILES string of the molecule is CN(C)c1cc2c(cc1[N+](=O)[O-])C=NCN2[C@@H]1O[C@@H]2CO[Si](C(C)(C)C)(C(C)(C)C)O[C@H]2[C@H]1O[Si](C)(C)C(C)(C)C. The van der Waals surface area contributed by atoms with Gasteiger partial charge in [-0.2, -0.15) is 0 Å². The number of nitrogens with zero attached hydrogens (tertiary/aromatic N) is 4. The number of aliphatic imine (C=N–C) groups is 1. The number of anilines is 2. The third-order valence-corrected chi connectivity index (χ3v) is 18.7. The van der Waals surface area contributed by atoms with Crippen LogP contribution in [0.2, 0.25) is 28.2 Å². The summed E-state index contributed by atoms with van der Waals surface area (Å²) in [4.78, 5) is 20.0. The summed E-state index contributed by atoms with van der Waals surface area (Å²) >= 11 is 0. The number of ether oxygens (including phenoxy) is 1. The monoisotopic (exact) mass is 606 g/mol. The molecule has 2 saturated heterocycles. The number of fused-ring (bicyclic) bond motifs is 2. The predicted octanol–water partition coefficient (Wildman–Crippen LogP) is 6.43. The van der Waals surface area contributed by atoms with Crippen LogP contribution in [0.5, 0.6) is 0 Å². The minimum Gasteiger partial charge on any atom is -0.407 e. The Hall–Kier alpha value is -1.84. The van der Waals surface area contributed by atoms with E-state index >= 15 is 0 Å². The van der Waals surface area contributed by atoms with E-state index in [0.29, 0.717) is 24.5 Å². The molecule has 1 aromatic rings. The van der Waals surface area contributed by atoms with Gasteiger partial charge in [-0.25, -0.2) is 0 Å². The van der Waals surface area contributed by atoms with Crippen molar-refractivity contribution >= 4 is 40.2 Å². The summed E-state index contributed by atoms with van der Waals surface area (Å²) in [5.41, 5.74) is 2.08. The summed E-state index contributed by atoms with van der Waals surface area (Å²) in [6, 6.07) is 3.47. The van der Waals surface area contributed by atoms with Crippen molar-refractivity contribution in [2.24, 2.45) is 4.99 Å². The first kappa shape index (κ1) is 32.1. The fourth-order valence-corrected chi connectivity index (χ4v) is 12.4. The number of nitro groups is 1. The van der Waals surface area contributed by atoms with Crippen molar-refractivity contribution in [1.82, 2.24) is 0 Å². The molecule has 0 N–H and O–H groups in total. The van der Waals surface area contributed by atoms with Gasteiger partial charge >= 0.3 is 8.56 Å². The Morgan fingerprint density at radius 3 is 2.22 bits per heavy atom. The van der Waals surface area contributed by atoms with Gasteiger partial charge in [-0.3, -0.25) is 15.1 Å². The van der Waals surface area contributed by atoms with Gasteiger partial charge in [0.15, 0.2) is 14.5 Å². The van der Waals surface area contributed by atoms with Gasteiger partial charge in [0, 0.05) is 42.0 Å². The van der Waals surface area contributed by atoms with Crippen LogP contribution in [-0.4, -0.2) is 79.9 Å². The first-order chi connectivity index (χ1) is 18.6. The first-order valence-electron chi connectivity index (χ1n) is 14.5. The normalized spacial score (nSPS) is 26.5. The lowest BCUT2D eigenvalue weighted by Crippen LogP contribution is -2.66. The van der Waals surface area contributed by atoms with Crippen LogP contribution in [0.4, 0.5) is 17.1 Å². The molecule has 230 valence electrons. The van der Waals surface area contributed by atoms with Crippen LogP contribution < -0.4 is 9.80 Å². The maximum atomic E-state index is 11.9. The van der Waals surface area contributed by atoms with Crippen molar-refractivity contribution < 1.29 is 22.9 Å². The second kappa shape index (κ2) is 10.4. The molecule has 3 heterocycles. The van der Waals surface area contributed by atoms with Gasteiger partial charge < -0.3 is 27.8 Å². The molecular formula is C29H50N4O6Si2. The molecular weight excluding hydrogens is 557 g/mol. The zero-order valence-corrected chi connectivity index (χ0v) is 29.2. The minimum atomic E-state index is -2.80. The van der Waals surface area contributed by atoms with Crippen LogP contribution in [0, 0.1) is 10.1 Å². The Labute approximate surface area is 247 Å². The molecule has 12 heteroatoms. The standard InChI is InChI=1S/C29H50N4O6Si2/c1-27(2,3)40(12,13)38-25-24-23(17-36-41(39-24,28(4,5)6)29(7,8)9)37-26(25)32-18-30-16-19-14-22(33(34)35)21(31(10)11)15-20(19)32/h14-16,23-26H,17-18H2,1-13H3/t23-,24-,25-,26-/m1/s1. The summed E-state index contributed by atoms with van der Waals surface area (Å²) in [6.45, 7) is 25.3. The average molecular weight is 607 g/mol. The molecule has 41 heavy (non-hydrogen) atoms. The number of hydrogen-bond acceptors (Lipinski definition) is 9. The highest BCUT2D eigenvalue weighted by molar-refractivity contribution is 6.74. The molecule has 4 atom stereocenters. The van der Waals surface area contributed by atoms with E-state index in [0.717, 1.165) is 5.69 Å². The van der Waals surface area contributed by atoms with Crippen molar-refractivity contribution in [2.75, 3.05) is 37.2 Å². The molecule has 0 bridgehead atoms. The zero-order chi connectivity index (χ0) is 30.9. The van der Waals surface area contributed by atoms with Crippen molar-refractivity contribution in [1.29, 1.82) is 0 Å². The van der Waals surface area contributed by atoms with Crippen LogP contribution in [0.1, 0.15) is 67.9 Å². The largest absolute Gasteiger partial charge is 0.407 e. The van der Waals surface area contributed by atoms with E-state index < -0.39 is 23.1 Å². The average Bonchev–Trinajstić information content (AvgIpc) is 3.17. The van der Waals surface area contributed by atoms with Crippen molar-refractivity contribution in [3.05, 3.63) is 27.8 Å². The van der Waals surface area contributed by atoms with Crippen molar-refractivity contribution in [3.8, 4) is 0 Å². The van der Waals surface area contributed by atoms with E-state index in [4.69, 9.17) is 18.0 Å². The summed E-state index contributed by atoms with van der Waals surface area (Å²) in [5.74, 6) is 0. The Morgan fingerprint density at radius 1 is 1.10 bits per heavy atom. The lowest BCUT2D eigenvalue weighted by atomic mass is 10.1. The van der Waals surface area contributed by atoms with Crippen molar-refractivity contribution in [3.63, 3.8) is 0 Å². The van der Waals surface area contributed by atoms with E-state index in [-0.39, 0.29) is 44.0 Å². The van der Waals surface area contributed by atoms with Gasteiger partial charge in [-0.1, -0.05) is 62.3 Å². The highest BCUT2D eigenvalue weighted by atomic mass is 28.4. The maximum Gasteiger partial charge on any atom is 0.349 e. The van der Waals surface area contributed by atoms with E-state index in [9.17, 15) is 10.1 Å². The van der Waals surface area contributed by atoms with Gasteiger partial charge in [0.1, 0.15) is 30.7 Å². The van der Waals surface area contributed by atoms with Crippen molar-refractivity contribution in [2.45, 2.75) is 115 Å². The molecule has 3 aliphatic rings. The summed E-state index contributed by atoms with van der Waals surface area (Å²) in [7, 11) is -1.46. The molecule has 0 unspecified atom stereocenters. The molecule has 0 radical (unpaired) electrons. The van der Waals surface area contributed by atoms with Gasteiger partial charge in [0.2, 0.25) is 0 Å². The Morgan fingerprint density at radius 2 is 1.71 bits per heavy atom. The third kappa shape index (κ3) is 5.51. The summed E-state index contributed by atoms with van der Waals surface area (Å²) in [6.07, 6.45) is 0.205. The van der Waals surface area contributed by atoms with Gasteiger partial charge in [-0.05, 0) is 24.2 Å². The second-order valence-electron chi connectivity index (χ2n) is 15.4. The number of rotatable bonds is 5. The summed E-state index contributed by atoms with van der Waals surface area (Å²) < 4.78 is 28.0. The molecule has 0 spiro atoms. The predicted molar refractivity (Wildman–Crippen MR) is 169 cm³/mol. The Kier molecular flexibility index (Phi) is 8.15. The fourth-order valence-electron chi connectivity index (χ4n) is 6.17. The number of nitro benzene ring substituents is 1. The van der Waals surface area contributed by atoms with Crippen LogP contribution in [0.3, 0.4) is 0 Å². The molecule has 0 saturated carbocycles. The van der Waals surface area contributed by atoms with E-state index in [1.807, 2.05) is 20.2 Å².